The number of nitrogens with zero attached hydrogens (tertiary/aromatic N) is 1. The summed E-state index contributed by atoms with van der Waals surface area (Å²) < 4.78 is 7.52. The molecule has 0 saturated heterocycles. The number of nitrogens with one attached hydrogen (secondary N) is 1. The molecule has 10 heteroatoms. The van der Waals surface area contributed by atoms with Crippen molar-refractivity contribution >= 4 is 45.1 Å². The van der Waals surface area contributed by atoms with Gasteiger partial charge in [-0.25, -0.2) is 0 Å². The number of thiophene rings is 1. The van der Waals surface area contributed by atoms with Gasteiger partial charge >= 0.3 is 5.97 Å². The second kappa shape index (κ2) is 9.43. The number of hydrogen-bond donors (Lipinski definition) is 3. The molecule has 9 nitrogen and oxygen atoms in total. The number of primary amides is 1. The Bertz CT molecular complexity index is 1150. The molecule has 4 N–H and O–H groups in total. The quantitative estimate of drug-likeness (QED) is 0.321. The Labute approximate surface area is 181 Å². The summed E-state index contributed by atoms with van der Waals surface area (Å²) in [5, 5.41) is 12.9. The first-order valence-corrected chi connectivity index (χ1v) is 10.3. The number of carbonyl (C=O) groups excluding carboxylic acids is 3. The van der Waals surface area contributed by atoms with Crippen LogP contribution in [0.1, 0.15) is 28.5 Å². The number of carboxylic acid groups (broad SMARTS) is 1. The number of ether oxygens (including phenoxy) is 1. The largest absolute Gasteiger partial charge is 0.482 e. The Morgan fingerprint density at radius 1 is 1.19 bits per heavy atom. The molecule has 0 fully saturated rings. The molecule has 0 aliphatic rings. The standard InChI is InChI=1S/C21H21N3O6S/c1-2-13-17(19(28)20(22)29)18-14(30-10-15(25)23-8-16(26)27)11-31-21(18)24(13)9-12-6-4-3-5-7-12/h3-7,11H,2,8-10H2,1H3,(H2,22,29)(H,23,25)(H,26,27). The number of fused-ring (bicyclic) bond motifs is 1. The molecule has 0 aliphatic carbocycles. The highest BCUT2D eigenvalue weighted by Crippen LogP contribution is 2.40. The van der Waals surface area contributed by atoms with E-state index in [1.54, 1.807) is 5.38 Å². The van der Waals surface area contributed by atoms with E-state index in [4.69, 9.17) is 15.6 Å². The summed E-state index contributed by atoms with van der Waals surface area (Å²) in [6.07, 6.45) is 0.473. The molecule has 2 aromatic heterocycles. The molecule has 0 atom stereocenters. The predicted octanol–water partition coefficient (Wildman–Crippen LogP) is 1.56. The number of carboxylic acids is 1. The third kappa shape index (κ3) is 4.75. The summed E-state index contributed by atoms with van der Waals surface area (Å²) in [6.45, 7) is 1.39. The maximum atomic E-state index is 12.7. The zero-order chi connectivity index (χ0) is 22.5. The first-order valence-electron chi connectivity index (χ1n) is 9.45. The number of aliphatic carboxylic acids is 1. The summed E-state index contributed by atoms with van der Waals surface area (Å²) in [5.74, 6) is -3.44. The number of benzene rings is 1. The minimum Gasteiger partial charge on any atom is -0.482 e. The lowest BCUT2D eigenvalue weighted by Gasteiger charge is -2.10. The summed E-state index contributed by atoms with van der Waals surface area (Å²) >= 11 is 1.32. The molecular formula is C21H21N3O6S. The van der Waals surface area contributed by atoms with Crippen LogP contribution in [0.2, 0.25) is 0 Å². The molecular weight excluding hydrogens is 422 g/mol. The van der Waals surface area contributed by atoms with Crippen molar-refractivity contribution in [3.63, 3.8) is 0 Å². The zero-order valence-corrected chi connectivity index (χ0v) is 17.5. The highest BCUT2D eigenvalue weighted by atomic mass is 32.1. The lowest BCUT2D eigenvalue weighted by molar-refractivity contribution is -0.138. The topological polar surface area (TPSA) is 141 Å². The van der Waals surface area contributed by atoms with Gasteiger partial charge in [0.2, 0.25) is 0 Å². The van der Waals surface area contributed by atoms with Gasteiger partial charge in [-0.3, -0.25) is 19.2 Å². The zero-order valence-electron chi connectivity index (χ0n) is 16.7. The van der Waals surface area contributed by atoms with Gasteiger partial charge in [0.05, 0.1) is 10.9 Å². The molecule has 3 rings (SSSR count). The number of rotatable bonds is 10. The Morgan fingerprint density at radius 2 is 1.90 bits per heavy atom. The maximum Gasteiger partial charge on any atom is 0.322 e. The predicted molar refractivity (Wildman–Crippen MR) is 114 cm³/mol. The van der Waals surface area contributed by atoms with E-state index in [1.165, 1.54) is 11.3 Å². The summed E-state index contributed by atoms with van der Waals surface area (Å²) in [5.41, 5.74) is 7.13. The van der Waals surface area contributed by atoms with Gasteiger partial charge in [-0.1, -0.05) is 37.3 Å². The molecule has 0 radical (unpaired) electrons. The van der Waals surface area contributed by atoms with Crippen LogP contribution < -0.4 is 15.8 Å². The molecule has 162 valence electrons. The second-order valence-corrected chi connectivity index (χ2v) is 7.54. The molecule has 3 aromatic rings. The number of aromatic nitrogens is 1. The minimum atomic E-state index is -1.17. The lowest BCUT2D eigenvalue weighted by Crippen LogP contribution is -2.33. The Balaban J connectivity index is 2.03. The van der Waals surface area contributed by atoms with Crippen LogP contribution in [-0.4, -0.2) is 46.4 Å². The van der Waals surface area contributed by atoms with Crippen LogP contribution in [0.3, 0.4) is 0 Å². The Morgan fingerprint density at radius 3 is 2.52 bits per heavy atom. The normalized spacial score (nSPS) is 10.7. The summed E-state index contributed by atoms with van der Waals surface area (Å²) in [4.78, 5) is 47.5. The van der Waals surface area contributed by atoms with Crippen molar-refractivity contribution in [3.8, 4) is 5.75 Å². The van der Waals surface area contributed by atoms with Crippen LogP contribution in [0.5, 0.6) is 5.75 Å². The maximum absolute atomic E-state index is 12.7. The molecule has 0 saturated carbocycles. The van der Waals surface area contributed by atoms with E-state index in [-0.39, 0.29) is 11.3 Å². The fourth-order valence-corrected chi connectivity index (χ4v) is 4.33. The van der Waals surface area contributed by atoms with Crippen molar-refractivity contribution in [2.75, 3.05) is 13.2 Å². The van der Waals surface area contributed by atoms with Crippen molar-refractivity contribution in [1.82, 2.24) is 9.88 Å². The van der Waals surface area contributed by atoms with Crippen LogP contribution in [-0.2, 0) is 27.3 Å². The van der Waals surface area contributed by atoms with E-state index in [0.29, 0.717) is 28.9 Å². The molecule has 2 heterocycles. The van der Waals surface area contributed by atoms with Crippen molar-refractivity contribution in [2.45, 2.75) is 19.9 Å². The molecule has 2 amide bonds. The van der Waals surface area contributed by atoms with Gasteiger partial charge in [-0.15, -0.1) is 11.3 Å². The van der Waals surface area contributed by atoms with Gasteiger partial charge in [-0.05, 0) is 12.0 Å². The van der Waals surface area contributed by atoms with Crippen LogP contribution in [0.15, 0.2) is 35.7 Å². The smallest absolute Gasteiger partial charge is 0.322 e. The molecule has 31 heavy (non-hydrogen) atoms. The molecule has 0 aliphatic heterocycles. The van der Waals surface area contributed by atoms with E-state index < -0.39 is 36.7 Å². The van der Waals surface area contributed by atoms with Crippen LogP contribution in [0.4, 0.5) is 0 Å². The molecule has 0 bridgehead atoms. The fraction of sp³-hybridized carbons (Fsp3) is 0.238. The van der Waals surface area contributed by atoms with Crippen molar-refractivity contribution in [3.05, 3.63) is 52.5 Å². The van der Waals surface area contributed by atoms with Crippen LogP contribution >= 0.6 is 11.3 Å². The van der Waals surface area contributed by atoms with Crippen molar-refractivity contribution < 1.29 is 29.0 Å². The average molecular weight is 443 g/mol. The number of ketones is 1. The number of hydrogen-bond acceptors (Lipinski definition) is 6. The van der Waals surface area contributed by atoms with Crippen molar-refractivity contribution in [1.29, 1.82) is 0 Å². The van der Waals surface area contributed by atoms with Crippen molar-refractivity contribution in [2.24, 2.45) is 5.73 Å². The number of Topliss-reactive ketones (excluding diaryl/α,β-unsaturated/α-hetero) is 1. The Hall–Kier alpha value is -3.66. The third-order valence-electron chi connectivity index (χ3n) is 4.61. The number of nitrogens with two attached hydrogens (primary N) is 1. The van der Waals surface area contributed by atoms with Gasteiger partial charge in [0.15, 0.2) is 6.61 Å². The van der Waals surface area contributed by atoms with Crippen LogP contribution in [0, 0.1) is 0 Å². The van der Waals surface area contributed by atoms with Gasteiger partial charge in [0.25, 0.3) is 17.6 Å². The fourth-order valence-electron chi connectivity index (χ4n) is 3.31. The van der Waals surface area contributed by atoms with E-state index in [0.717, 1.165) is 5.56 Å². The first kappa shape index (κ1) is 22.0. The highest BCUT2D eigenvalue weighted by molar-refractivity contribution is 7.17. The number of carbonyl (C=O) groups is 4. The SMILES string of the molecule is CCc1c(C(=O)C(N)=O)c2c(OCC(=O)NCC(=O)O)csc2n1Cc1ccccc1. The number of amides is 2. The molecule has 1 aromatic carbocycles. The summed E-state index contributed by atoms with van der Waals surface area (Å²) in [6, 6.07) is 9.65. The van der Waals surface area contributed by atoms with Gasteiger partial charge in [0, 0.05) is 17.6 Å². The highest BCUT2D eigenvalue weighted by Gasteiger charge is 2.28. The Kier molecular flexibility index (Phi) is 6.71. The van der Waals surface area contributed by atoms with Gasteiger partial charge in [0.1, 0.15) is 17.1 Å². The van der Waals surface area contributed by atoms with E-state index >= 15 is 0 Å². The van der Waals surface area contributed by atoms with E-state index in [9.17, 15) is 19.2 Å². The average Bonchev–Trinajstić information content (AvgIpc) is 3.29. The molecule has 0 unspecified atom stereocenters. The van der Waals surface area contributed by atoms with E-state index in [1.807, 2.05) is 41.8 Å². The third-order valence-corrected chi connectivity index (χ3v) is 5.59. The summed E-state index contributed by atoms with van der Waals surface area (Å²) in [7, 11) is 0. The van der Waals surface area contributed by atoms with Crippen LogP contribution in [0.25, 0.3) is 10.2 Å². The minimum absolute atomic E-state index is 0.170. The molecule has 0 spiro atoms. The monoisotopic (exact) mass is 443 g/mol. The van der Waals surface area contributed by atoms with Gasteiger partial charge < -0.3 is 25.5 Å². The lowest BCUT2D eigenvalue weighted by atomic mass is 10.1. The van der Waals surface area contributed by atoms with E-state index in [2.05, 4.69) is 5.32 Å². The van der Waals surface area contributed by atoms with Gasteiger partial charge in [-0.2, -0.15) is 0 Å². The first-order chi connectivity index (χ1) is 14.8. The second-order valence-electron chi connectivity index (χ2n) is 6.68.